The highest BCUT2D eigenvalue weighted by Crippen LogP contribution is 2.31. The molecule has 1 amide bonds. The third kappa shape index (κ3) is 3.96. The lowest BCUT2D eigenvalue weighted by Gasteiger charge is -2.06. The lowest BCUT2D eigenvalue weighted by Crippen LogP contribution is -2.19. The molecule has 0 aliphatic rings. The van der Waals surface area contributed by atoms with E-state index in [2.05, 4.69) is 25.5 Å². The third-order valence-electron chi connectivity index (χ3n) is 5.34. The van der Waals surface area contributed by atoms with Crippen molar-refractivity contribution >= 4 is 33.4 Å². The summed E-state index contributed by atoms with van der Waals surface area (Å²) in [6, 6.07) is 11.7. The van der Waals surface area contributed by atoms with E-state index in [1.807, 2.05) is 55.7 Å². The Balaban J connectivity index is 1.39. The maximum Gasteiger partial charge on any atom is 0.247 e. The number of carbonyl (C=O) groups excluding carboxylic acids is 1. The second kappa shape index (κ2) is 8.47. The van der Waals surface area contributed by atoms with Gasteiger partial charge in [0.2, 0.25) is 5.91 Å². The first-order valence-electron chi connectivity index (χ1n) is 10.2. The Hall–Kier alpha value is -4.05. The van der Waals surface area contributed by atoms with Crippen LogP contribution in [0.25, 0.3) is 33.5 Å². The first kappa shape index (κ1) is 20.8. The molecule has 4 aromatic heterocycles. The van der Waals surface area contributed by atoms with Gasteiger partial charge in [-0.15, -0.1) is 11.3 Å². The molecule has 10 heteroatoms. The number of ether oxygens (including phenoxy) is 1. The second-order valence-corrected chi connectivity index (χ2v) is 8.31. The van der Waals surface area contributed by atoms with E-state index in [4.69, 9.17) is 4.74 Å². The standard InChI is InChI=1S/C23H21N7O2S/c1-14-21-17(15-4-6-16(32-3)7-5-15)8-10-24-22(21)30(28-14)12-20(31)27-23-26-18(13-33-23)19-9-11-25-29(19)2/h4-11,13H,12H2,1-3H3,(H,26,27,31). The van der Waals surface area contributed by atoms with Crippen molar-refractivity contribution in [2.24, 2.45) is 7.05 Å². The molecule has 0 saturated carbocycles. The van der Waals surface area contributed by atoms with Gasteiger partial charge in [-0.3, -0.25) is 9.48 Å². The van der Waals surface area contributed by atoms with Crippen molar-refractivity contribution in [1.29, 1.82) is 0 Å². The second-order valence-electron chi connectivity index (χ2n) is 7.45. The van der Waals surface area contributed by atoms with Crippen LogP contribution in [-0.4, -0.2) is 42.5 Å². The van der Waals surface area contributed by atoms with Crippen LogP contribution in [0.5, 0.6) is 5.75 Å². The number of aryl methyl sites for hydroxylation is 2. The Morgan fingerprint density at radius 2 is 1.97 bits per heavy atom. The van der Waals surface area contributed by atoms with Gasteiger partial charge < -0.3 is 10.1 Å². The number of pyridine rings is 1. The molecule has 1 aromatic carbocycles. The van der Waals surface area contributed by atoms with E-state index >= 15 is 0 Å². The maximum absolute atomic E-state index is 12.8. The minimum atomic E-state index is -0.220. The summed E-state index contributed by atoms with van der Waals surface area (Å²) in [5.41, 5.74) is 5.15. The monoisotopic (exact) mass is 459 g/mol. The molecule has 0 radical (unpaired) electrons. The third-order valence-corrected chi connectivity index (χ3v) is 6.09. The Labute approximate surface area is 193 Å². The number of carbonyl (C=O) groups is 1. The van der Waals surface area contributed by atoms with Crippen molar-refractivity contribution in [3.63, 3.8) is 0 Å². The molecule has 0 fully saturated rings. The number of fused-ring (bicyclic) bond motifs is 1. The van der Waals surface area contributed by atoms with Crippen LogP contribution in [0.3, 0.4) is 0 Å². The lowest BCUT2D eigenvalue weighted by molar-refractivity contribution is -0.116. The van der Waals surface area contributed by atoms with Crippen LogP contribution in [0, 0.1) is 6.92 Å². The van der Waals surface area contributed by atoms with E-state index in [1.54, 1.807) is 28.9 Å². The molecule has 0 unspecified atom stereocenters. The number of hydrogen-bond acceptors (Lipinski definition) is 7. The maximum atomic E-state index is 12.8. The molecule has 0 bridgehead atoms. The van der Waals surface area contributed by atoms with Crippen molar-refractivity contribution in [2.45, 2.75) is 13.5 Å². The molecule has 5 rings (SSSR count). The van der Waals surface area contributed by atoms with E-state index in [1.165, 1.54) is 11.3 Å². The van der Waals surface area contributed by atoms with Crippen LogP contribution in [0.2, 0.25) is 0 Å². The number of amides is 1. The van der Waals surface area contributed by atoms with E-state index in [0.29, 0.717) is 10.8 Å². The topological polar surface area (TPSA) is 99.8 Å². The first-order valence-corrected chi connectivity index (χ1v) is 11.1. The first-order chi connectivity index (χ1) is 16.0. The zero-order valence-electron chi connectivity index (χ0n) is 18.3. The molecule has 0 atom stereocenters. The molecular weight excluding hydrogens is 438 g/mol. The van der Waals surface area contributed by atoms with Gasteiger partial charge in [0.15, 0.2) is 10.8 Å². The molecule has 4 heterocycles. The fourth-order valence-corrected chi connectivity index (χ4v) is 4.49. The Morgan fingerprint density at radius 1 is 1.15 bits per heavy atom. The quantitative estimate of drug-likeness (QED) is 0.413. The molecule has 0 aliphatic carbocycles. The zero-order valence-corrected chi connectivity index (χ0v) is 19.1. The Bertz CT molecular complexity index is 1450. The lowest BCUT2D eigenvalue weighted by atomic mass is 10.0. The molecule has 1 N–H and O–H groups in total. The van der Waals surface area contributed by atoms with Crippen LogP contribution in [0.4, 0.5) is 5.13 Å². The minimum Gasteiger partial charge on any atom is -0.497 e. The van der Waals surface area contributed by atoms with Crippen LogP contribution < -0.4 is 10.1 Å². The summed E-state index contributed by atoms with van der Waals surface area (Å²) < 4.78 is 8.63. The van der Waals surface area contributed by atoms with Gasteiger partial charge in [0.25, 0.3) is 0 Å². The van der Waals surface area contributed by atoms with Gasteiger partial charge in [-0.2, -0.15) is 10.2 Å². The molecule has 0 saturated heterocycles. The molecular formula is C23H21N7O2S. The van der Waals surface area contributed by atoms with Gasteiger partial charge in [0, 0.05) is 30.2 Å². The summed E-state index contributed by atoms with van der Waals surface area (Å²) >= 11 is 1.37. The molecule has 0 spiro atoms. The zero-order chi connectivity index (χ0) is 22.9. The van der Waals surface area contributed by atoms with Gasteiger partial charge in [-0.05, 0) is 42.3 Å². The van der Waals surface area contributed by atoms with Crippen LogP contribution >= 0.6 is 11.3 Å². The largest absolute Gasteiger partial charge is 0.497 e. The number of benzene rings is 1. The summed E-state index contributed by atoms with van der Waals surface area (Å²) in [7, 11) is 3.50. The average Bonchev–Trinajstić information content (AvgIpc) is 3.53. The average molecular weight is 460 g/mol. The SMILES string of the molecule is COc1ccc(-c2ccnc3c2c(C)nn3CC(=O)Nc2nc(-c3ccnn3C)cs2)cc1. The summed E-state index contributed by atoms with van der Waals surface area (Å²) in [6.45, 7) is 1.95. The number of thiazole rings is 1. The van der Waals surface area contributed by atoms with Crippen molar-refractivity contribution in [1.82, 2.24) is 29.5 Å². The van der Waals surface area contributed by atoms with Crippen molar-refractivity contribution in [3.8, 4) is 28.3 Å². The van der Waals surface area contributed by atoms with Gasteiger partial charge in [0.1, 0.15) is 18.0 Å². The van der Waals surface area contributed by atoms with E-state index in [9.17, 15) is 4.79 Å². The number of aromatic nitrogens is 6. The Kier molecular flexibility index (Phi) is 5.35. The van der Waals surface area contributed by atoms with Crippen LogP contribution in [0.15, 0.2) is 54.2 Å². The number of methoxy groups -OCH3 is 1. The molecule has 166 valence electrons. The normalized spacial score (nSPS) is 11.1. The molecule has 9 nitrogen and oxygen atoms in total. The molecule has 33 heavy (non-hydrogen) atoms. The predicted molar refractivity (Wildman–Crippen MR) is 127 cm³/mol. The van der Waals surface area contributed by atoms with Crippen molar-refractivity contribution in [3.05, 3.63) is 59.9 Å². The molecule has 0 aliphatic heterocycles. The smallest absolute Gasteiger partial charge is 0.247 e. The fourth-order valence-electron chi connectivity index (χ4n) is 3.77. The number of anilines is 1. The Morgan fingerprint density at radius 3 is 2.70 bits per heavy atom. The van der Waals surface area contributed by atoms with Gasteiger partial charge >= 0.3 is 0 Å². The van der Waals surface area contributed by atoms with Crippen LogP contribution in [-0.2, 0) is 18.4 Å². The van der Waals surface area contributed by atoms with Gasteiger partial charge in [-0.1, -0.05) is 12.1 Å². The van der Waals surface area contributed by atoms with E-state index in [-0.39, 0.29) is 12.5 Å². The molecule has 5 aromatic rings. The van der Waals surface area contributed by atoms with E-state index in [0.717, 1.165) is 39.3 Å². The highest BCUT2D eigenvalue weighted by atomic mass is 32.1. The van der Waals surface area contributed by atoms with Crippen LogP contribution in [0.1, 0.15) is 5.69 Å². The number of hydrogen-bond donors (Lipinski definition) is 1. The summed E-state index contributed by atoms with van der Waals surface area (Å²) in [4.78, 5) is 21.8. The minimum absolute atomic E-state index is 0.0318. The van der Waals surface area contributed by atoms with Crippen molar-refractivity contribution in [2.75, 3.05) is 12.4 Å². The number of rotatable bonds is 6. The summed E-state index contributed by atoms with van der Waals surface area (Å²) in [6.07, 6.45) is 3.45. The van der Waals surface area contributed by atoms with Crippen molar-refractivity contribution < 1.29 is 9.53 Å². The van der Waals surface area contributed by atoms with E-state index < -0.39 is 0 Å². The fraction of sp³-hybridized carbons (Fsp3) is 0.174. The van der Waals surface area contributed by atoms with Gasteiger partial charge in [0.05, 0.1) is 18.5 Å². The number of nitrogens with one attached hydrogen (secondary N) is 1. The number of nitrogens with zero attached hydrogens (tertiary/aromatic N) is 6. The summed E-state index contributed by atoms with van der Waals surface area (Å²) in [5.74, 6) is 0.573. The highest BCUT2D eigenvalue weighted by molar-refractivity contribution is 7.14. The highest BCUT2D eigenvalue weighted by Gasteiger charge is 2.17. The summed E-state index contributed by atoms with van der Waals surface area (Å²) in [5, 5.41) is 14.9. The van der Waals surface area contributed by atoms with Gasteiger partial charge in [-0.25, -0.2) is 14.6 Å². The predicted octanol–water partition coefficient (Wildman–Crippen LogP) is 3.91.